The Hall–Kier alpha value is -3.08. The molecule has 0 aliphatic rings. The third kappa shape index (κ3) is 4.82. The highest BCUT2D eigenvalue weighted by Crippen LogP contribution is 2.26. The lowest BCUT2D eigenvalue weighted by atomic mass is 10.1. The number of aromatic amines is 1. The number of H-pyrrole nitrogens is 1. The zero-order valence-corrected chi connectivity index (χ0v) is 18.5. The number of rotatable bonds is 10. The molecule has 2 aromatic heterocycles. The van der Waals surface area contributed by atoms with Crippen LogP contribution in [0.4, 0.5) is 5.69 Å². The summed E-state index contributed by atoms with van der Waals surface area (Å²) in [7, 11) is 0. The molecular formula is C26H31N3O2. The maximum Gasteiger partial charge on any atom is 0.347 e. The molecule has 5 nitrogen and oxygen atoms in total. The Bertz CT molecular complexity index is 1170. The number of imidazole rings is 1. The summed E-state index contributed by atoms with van der Waals surface area (Å²) in [5.41, 5.74) is 3.58. The van der Waals surface area contributed by atoms with E-state index in [2.05, 4.69) is 34.8 Å². The Morgan fingerprint density at radius 1 is 0.935 bits per heavy atom. The van der Waals surface area contributed by atoms with Gasteiger partial charge in [-0.25, -0.2) is 9.78 Å². The van der Waals surface area contributed by atoms with Gasteiger partial charge in [-0.05, 0) is 43.2 Å². The van der Waals surface area contributed by atoms with Crippen molar-refractivity contribution in [1.82, 2.24) is 9.97 Å². The zero-order chi connectivity index (χ0) is 21.6. The SMILES string of the molecule is CCCCCN(CCCCC)c1ccc2cc(-c3nc4ccccc4[nH]3)c(=O)oc2c1. The van der Waals surface area contributed by atoms with Crippen LogP contribution in [0.15, 0.2) is 57.7 Å². The molecule has 2 aromatic carbocycles. The van der Waals surface area contributed by atoms with Crippen molar-refractivity contribution in [2.75, 3.05) is 18.0 Å². The number of nitrogens with one attached hydrogen (secondary N) is 1. The average molecular weight is 418 g/mol. The van der Waals surface area contributed by atoms with Crippen molar-refractivity contribution in [1.29, 1.82) is 0 Å². The lowest BCUT2D eigenvalue weighted by Gasteiger charge is -2.25. The van der Waals surface area contributed by atoms with E-state index in [1.807, 2.05) is 42.5 Å². The molecule has 1 N–H and O–H groups in total. The van der Waals surface area contributed by atoms with Crippen LogP contribution >= 0.6 is 0 Å². The van der Waals surface area contributed by atoms with E-state index in [1.54, 1.807) is 0 Å². The topological polar surface area (TPSA) is 62.1 Å². The first-order valence-corrected chi connectivity index (χ1v) is 11.5. The monoisotopic (exact) mass is 417 g/mol. The number of hydrogen-bond donors (Lipinski definition) is 1. The molecule has 0 saturated heterocycles. The van der Waals surface area contributed by atoms with Crippen LogP contribution in [0.2, 0.25) is 0 Å². The Morgan fingerprint density at radius 2 is 1.68 bits per heavy atom. The molecule has 4 aromatic rings. The minimum absolute atomic E-state index is 0.368. The summed E-state index contributed by atoms with van der Waals surface area (Å²) in [4.78, 5) is 23.0. The Labute approximate surface area is 183 Å². The zero-order valence-electron chi connectivity index (χ0n) is 18.5. The quantitative estimate of drug-likeness (QED) is 0.236. The lowest BCUT2D eigenvalue weighted by molar-refractivity contribution is 0.562. The van der Waals surface area contributed by atoms with Gasteiger partial charge >= 0.3 is 5.63 Å². The summed E-state index contributed by atoms with van der Waals surface area (Å²) in [5.74, 6) is 0.543. The first kappa shape index (κ1) is 21.2. The second kappa shape index (κ2) is 9.82. The third-order valence-corrected chi connectivity index (χ3v) is 5.79. The van der Waals surface area contributed by atoms with Crippen LogP contribution < -0.4 is 10.5 Å². The summed E-state index contributed by atoms with van der Waals surface area (Å²) >= 11 is 0. The summed E-state index contributed by atoms with van der Waals surface area (Å²) in [6, 6.07) is 15.8. The second-order valence-corrected chi connectivity index (χ2v) is 8.17. The van der Waals surface area contributed by atoms with Gasteiger partial charge in [0.25, 0.3) is 0 Å². The van der Waals surface area contributed by atoms with Crippen molar-refractivity contribution in [3.8, 4) is 11.4 Å². The fourth-order valence-electron chi connectivity index (χ4n) is 4.02. The largest absolute Gasteiger partial charge is 0.422 e. The molecule has 0 aliphatic carbocycles. The average Bonchev–Trinajstić information content (AvgIpc) is 3.21. The van der Waals surface area contributed by atoms with E-state index in [9.17, 15) is 4.79 Å². The van der Waals surface area contributed by atoms with Crippen LogP contribution in [0.1, 0.15) is 52.4 Å². The first-order chi connectivity index (χ1) is 15.2. The molecule has 2 heterocycles. The van der Waals surface area contributed by atoms with E-state index in [0.29, 0.717) is 17.0 Å². The predicted molar refractivity (Wildman–Crippen MR) is 129 cm³/mol. The molecule has 0 spiro atoms. The summed E-state index contributed by atoms with van der Waals surface area (Å²) in [6.45, 7) is 6.52. The molecule has 5 heteroatoms. The number of anilines is 1. The Balaban J connectivity index is 1.65. The van der Waals surface area contributed by atoms with E-state index >= 15 is 0 Å². The molecular weight excluding hydrogens is 386 g/mol. The highest BCUT2D eigenvalue weighted by atomic mass is 16.4. The molecule has 0 amide bonds. The number of aromatic nitrogens is 2. The van der Waals surface area contributed by atoms with E-state index < -0.39 is 0 Å². The van der Waals surface area contributed by atoms with Crippen molar-refractivity contribution in [2.45, 2.75) is 52.4 Å². The second-order valence-electron chi connectivity index (χ2n) is 8.17. The molecule has 0 bridgehead atoms. The molecule has 0 radical (unpaired) electrons. The molecule has 0 atom stereocenters. The lowest BCUT2D eigenvalue weighted by Crippen LogP contribution is -2.25. The van der Waals surface area contributed by atoms with Gasteiger partial charge in [-0.3, -0.25) is 0 Å². The number of hydrogen-bond acceptors (Lipinski definition) is 4. The van der Waals surface area contributed by atoms with Crippen molar-refractivity contribution in [3.05, 3.63) is 59.0 Å². The molecule has 0 fully saturated rings. The van der Waals surface area contributed by atoms with Gasteiger partial charge in [0.05, 0.1) is 11.0 Å². The Kier molecular flexibility index (Phi) is 6.70. The van der Waals surface area contributed by atoms with Gasteiger partial charge in [0.15, 0.2) is 0 Å². The number of benzene rings is 2. The molecule has 0 saturated carbocycles. The fraction of sp³-hybridized carbons (Fsp3) is 0.385. The maximum absolute atomic E-state index is 12.8. The van der Waals surface area contributed by atoms with Gasteiger partial charge < -0.3 is 14.3 Å². The summed E-state index contributed by atoms with van der Waals surface area (Å²) < 4.78 is 5.74. The molecule has 0 unspecified atom stereocenters. The Morgan fingerprint density at radius 3 is 2.39 bits per heavy atom. The van der Waals surface area contributed by atoms with Gasteiger partial charge in [-0.1, -0.05) is 51.7 Å². The van der Waals surface area contributed by atoms with Crippen molar-refractivity contribution >= 4 is 27.7 Å². The van der Waals surface area contributed by atoms with Crippen molar-refractivity contribution < 1.29 is 4.42 Å². The van der Waals surface area contributed by atoms with E-state index in [-0.39, 0.29) is 5.63 Å². The normalized spacial score (nSPS) is 11.4. The highest BCUT2D eigenvalue weighted by molar-refractivity contribution is 5.85. The fourth-order valence-corrected chi connectivity index (χ4v) is 4.02. The smallest absolute Gasteiger partial charge is 0.347 e. The van der Waals surface area contributed by atoms with E-state index in [1.165, 1.54) is 38.5 Å². The maximum atomic E-state index is 12.8. The third-order valence-electron chi connectivity index (χ3n) is 5.79. The minimum atomic E-state index is -0.368. The van der Waals surface area contributed by atoms with Gasteiger partial charge in [-0.2, -0.15) is 0 Å². The molecule has 162 valence electrons. The van der Waals surface area contributed by atoms with Crippen LogP contribution in [-0.4, -0.2) is 23.1 Å². The molecule has 31 heavy (non-hydrogen) atoms. The number of fused-ring (bicyclic) bond motifs is 2. The first-order valence-electron chi connectivity index (χ1n) is 11.5. The highest BCUT2D eigenvalue weighted by Gasteiger charge is 2.14. The molecule has 4 rings (SSSR count). The van der Waals surface area contributed by atoms with Crippen LogP contribution in [0.25, 0.3) is 33.4 Å². The number of nitrogens with zero attached hydrogens (tertiary/aromatic N) is 2. The summed E-state index contributed by atoms with van der Waals surface area (Å²) in [5, 5.41) is 0.904. The van der Waals surface area contributed by atoms with Gasteiger partial charge in [0, 0.05) is 30.2 Å². The van der Waals surface area contributed by atoms with Crippen LogP contribution in [0.5, 0.6) is 0 Å². The van der Waals surface area contributed by atoms with Crippen LogP contribution in [0.3, 0.4) is 0 Å². The van der Waals surface area contributed by atoms with E-state index in [0.717, 1.165) is 35.2 Å². The van der Waals surface area contributed by atoms with Crippen LogP contribution in [0, 0.1) is 0 Å². The number of unbranched alkanes of at least 4 members (excludes halogenated alkanes) is 4. The predicted octanol–water partition coefficient (Wildman–Crippen LogP) is 6.52. The summed E-state index contributed by atoms with van der Waals surface area (Å²) in [6.07, 6.45) is 7.23. The molecule has 0 aliphatic heterocycles. The van der Waals surface area contributed by atoms with Gasteiger partial charge in [0.1, 0.15) is 17.0 Å². The number of para-hydroxylation sites is 2. The van der Waals surface area contributed by atoms with Crippen LogP contribution in [-0.2, 0) is 0 Å². The van der Waals surface area contributed by atoms with E-state index in [4.69, 9.17) is 4.42 Å². The standard InChI is InChI=1S/C26H31N3O2/c1-3-5-9-15-29(16-10-6-4-2)20-14-13-19-17-21(26(30)31-24(19)18-20)25-27-22-11-7-8-12-23(22)28-25/h7-8,11-14,17-18H,3-6,9-10,15-16H2,1-2H3,(H,27,28). The van der Waals surface area contributed by atoms with Gasteiger partial charge in [-0.15, -0.1) is 0 Å². The van der Waals surface area contributed by atoms with Crippen molar-refractivity contribution in [2.24, 2.45) is 0 Å². The minimum Gasteiger partial charge on any atom is -0.422 e. The van der Waals surface area contributed by atoms with Crippen molar-refractivity contribution in [3.63, 3.8) is 0 Å². The van der Waals surface area contributed by atoms with Gasteiger partial charge in [0.2, 0.25) is 0 Å².